The summed E-state index contributed by atoms with van der Waals surface area (Å²) in [7, 11) is 0. The van der Waals surface area contributed by atoms with Gasteiger partial charge in [0, 0.05) is 9.86 Å². The topological polar surface area (TPSA) is 91.0 Å². The van der Waals surface area contributed by atoms with E-state index in [1.807, 2.05) is 19.1 Å². The van der Waals surface area contributed by atoms with Gasteiger partial charge in [0.2, 0.25) is 5.88 Å². The Balaban J connectivity index is 2.06. The van der Waals surface area contributed by atoms with Gasteiger partial charge in [-0.15, -0.1) is 10.2 Å². The highest BCUT2D eigenvalue weighted by atomic mass is 79.9. The molecular formula is C15H12BrN3O3. The van der Waals surface area contributed by atoms with Crippen molar-refractivity contribution in [1.29, 1.82) is 0 Å². The molecule has 2 heterocycles. The van der Waals surface area contributed by atoms with Gasteiger partial charge in [-0.3, -0.25) is 4.79 Å². The van der Waals surface area contributed by atoms with Gasteiger partial charge in [0.05, 0.1) is 17.3 Å². The molecule has 0 radical (unpaired) electrons. The minimum atomic E-state index is -0.524. The number of H-pyrrole nitrogens is 1. The molecule has 7 heteroatoms. The predicted molar refractivity (Wildman–Crippen MR) is 84.7 cm³/mol. The van der Waals surface area contributed by atoms with Crippen molar-refractivity contribution in [2.75, 3.05) is 0 Å². The Bertz CT molecular complexity index is 908. The van der Waals surface area contributed by atoms with E-state index < -0.39 is 5.91 Å². The monoisotopic (exact) mass is 361 g/mol. The Morgan fingerprint density at radius 2 is 2.09 bits per heavy atom. The molecular weight excluding hydrogens is 350 g/mol. The average molecular weight is 362 g/mol. The molecule has 112 valence electrons. The van der Waals surface area contributed by atoms with Gasteiger partial charge in [0.1, 0.15) is 5.76 Å². The summed E-state index contributed by atoms with van der Waals surface area (Å²) in [5.41, 5.74) is 2.26. The first-order valence-corrected chi connectivity index (χ1v) is 7.28. The summed E-state index contributed by atoms with van der Waals surface area (Å²) in [6.45, 7) is 3.60. The van der Waals surface area contributed by atoms with Crippen molar-refractivity contribution < 1.29 is 14.3 Å². The minimum Gasteiger partial charge on any atom is -0.493 e. The number of aromatic amines is 1. The normalized spacial score (nSPS) is 11.6. The number of rotatable bonds is 2. The van der Waals surface area contributed by atoms with Crippen molar-refractivity contribution in [3.05, 3.63) is 45.8 Å². The van der Waals surface area contributed by atoms with Crippen LogP contribution in [0.4, 0.5) is 5.69 Å². The number of nitrogens with one attached hydrogen (secondary N) is 1. The Morgan fingerprint density at radius 3 is 2.77 bits per heavy atom. The van der Waals surface area contributed by atoms with Gasteiger partial charge in [-0.2, -0.15) is 0 Å². The Morgan fingerprint density at radius 1 is 1.32 bits per heavy atom. The van der Waals surface area contributed by atoms with E-state index in [-0.39, 0.29) is 11.6 Å². The summed E-state index contributed by atoms with van der Waals surface area (Å²) >= 11 is 3.47. The summed E-state index contributed by atoms with van der Waals surface area (Å²) in [5, 5.41) is 18.3. The molecule has 0 unspecified atom stereocenters. The molecule has 0 spiro atoms. The lowest BCUT2D eigenvalue weighted by Gasteiger charge is -1.99. The average Bonchev–Trinajstić information content (AvgIpc) is 3.04. The highest BCUT2D eigenvalue weighted by molar-refractivity contribution is 9.10. The zero-order chi connectivity index (χ0) is 15.9. The van der Waals surface area contributed by atoms with Crippen molar-refractivity contribution >= 4 is 38.4 Å². The Labute approximate surface area is 134 Å². The third kappa shape index (κ3) is 2.33. The van der Waals surface area contributed by atoms with Crippen molar-refractivity contribution in [3.8, 4) is 5.88 Å². The zero-order valence-corrected chi connectivity index (χ0v) is 13.4. The van der Waals surface area contributed by atoms with Crippen molar-refractivity contribution in [3.63, 3.8) is 0 Å². The number of aromatic hydroxyl groups is 1. The standard InChI is InChI=1S/C15H12BrN3O3/c1-7-3-4-10-11(12(7)16)13(15(21)17-10)18-19-14(20)9-5-6-22-8(9)2/h3-6,17,21H,1-2H3. The van der Waals surface area contributed by atoms with E-state index in [0.717, 1.165) is 10.0 Å². The van der Waals surface area contributed by atoms with Crippen molar-refractivity contribution in [2.24, 2.45) is 10.2 Å². The number of azo groups is 1. The van der Waals surface area contributed by atoms with Crippen LogP contribution in [0.3, 0.4) is 0 Å². The summed E-state index contributed by atoms with van der Waals surface area (Å²) in [5.74, 6) is -0.185. The smallest absolute Gasteiger partial charge is 0.298 e. The molecule has 1 amide bonds. The van der Waals surface area contributed by atoms with E-state index in [1.165, 1.54) is 12.3 Å². The number of aromatic nitrogens is 1. The van der Waals surface area contributed by atoms with Gasteiger partial charge >= 0.3 is 0 Å². The van der Waals surface area contributed by atoms with Gasteiger partial charge in [-0.05, 0) is 47.5 Å². The molecule has 0 fully saturated rings. The molecule has 2 aromatic heterocycles. The second kappa shape index (κ2) is 5.42. The van der Waals surface area contributed by atoms with Crippen LogP contribution in [-0.4, -0.2) is 16.0 Å². The summed E-state index contributed by atoms with van der Waals surface area (Å²) < 4.78 is 5.86. The SMILES string of the molecule is Cc1ccc2[nH]c(O)c(N=NC(=O)c3ccoc3C)c2c1Br. The fourth-order valence-corrected chi connectivity index (χ4v) is 2.71. The molecule has 0 bridgehead atoms. The van der Waals surface area contributed by atoms with Gasteiger partial charge in [0.15, 0.2) is 5.69 Å². The zero-order valence-electron chi connectivity index (χ0n) is 11.8. The molecule has 22 heavy (non-hydrogen) atoms. The predicted octanol–water partition coefficient (Wildman–Crippen LogP) is 4.77. The van der Waals surface area contributed by atoms with E-state index in [0.29, 0.717) is 22.2 Å². The lowest BCUT2D eigenvalue weighted by atomic mass is 10.1. The first-order valence-electron chi connectivity index (χ1n) is 6.49. The molecule has 3 rings (SSSR count). The summed E-state index contributed by atoms with van der Waals surface area (Å²) in [4.78, 5) is 14.8. The summed E-state index contributed by atoms with van der Waals surface area (Å²) in [6.07, 6.45) is 1.42. The Hall–Kier alpha value is -2.41. The number of furan rings is 1. The lowest BCUT2D eigenvalue weighted by Crippen LogP contribution is -1.93. The van der Waals surface area contributed by atoms with E-state index in [4.69, 9.17) is 4.42 Å². The van der Waals surface area contributed by atoms with Gasteiger partial charge in [0.25, 0.3) is 5.91 Å². The van der Waals surface area contributed by atoms with Gasteiger partial charge < -0.3 is 14.5 Å². The number of hydrogen-bond donors (Lipinski definition) is 2. The largest absolute Gasteiger partial charge is 0.493 e. The Kier molecular flexibility index (Phi) is 3.58. The van der Waals surface area contributed by atoms with Crippen molar-refractivity contribution in [2.45, 2.75) is 13.8 Å². The lowest BCUT2D eigenvalue weighted by molar-refractivity contribution is 0.0993. The quantitative estimate of drug-likeness (QED) is 0.644. The molecule has 0 saturated heterocycles. The number of amides is 1. The first kappa shape index (κ1) is 14.5. The molecule has 2 N–H and O–H groups in total. The highest BCUT2D eigenvalue weighted by Crippen LogP contribution is 2.41. The van der Waals surface area contributed by atoms with Crippen LogP contribution >= 0.6 is 15.9 Å². The third-order valence-electron chi connectivity index (χ3n) is 3.38. The minimum absolute atomic E-state index is 0.137. The first-order chi connectivity index (χ1) is 10.5. The van der Waals surface area contributed by atoms with Crippen LogP contribution in [0.15, 0.2) is 43.6 Å². The number of carbonyl (C=O) groups excluding carboxylic acids is 1. The number of aryl methyl sites for hydroxylation is 2. The molecule has 0 atom stereocenters. The van der Waals surface area contributed by atoms with Crippen LogP contribution in [-0.2, 0) is 0 Å². The number of halogens is 1. The van der Waals surface area contributed by atoms with Gasteiger partial charge in [-0.1, -0.05) is 6.07 Å². The number of carbonyl (C=O) groups is 1. The van der Waals surface area contributed by atoms with E-state index >= 15 is 0 Å². The van der Waals surface area contributed by atoms with E-state index in [1.54, 1.807) is 6.92 Å². The van der Waals surface area contributed by atoms with Crippen LogP contribution in [0.5, 0.6) is 5.88 Å². The van der Waals surface area contributed by atoms with E-state index in [2.05, 4.69) is 31.1 Å². The molecule has 0 aliphatic rings. The van der Waals surface area contributed by atoms with Crippen LogP contribution < -0.4 is 0 Å². The molecule has 0 aliphatic carbocycles. The van der Waals surface area contributed by atoms with Crippen molar-refractivity contribution in [1.82, 2.24) is 4.98 Å². The molecule has 6 nitrogen and oxygen atoms in total. The van der Waals surface area contributed by atoms with Crippen LogP contribution in [0.1, 0.15) is 21.7 Å². The fraction of sp³-hybridized carbons (Fsp3) is 0.133. The van der Waals surface area contributed by atoms with E-state index in [9.17, 15) is 9.90 Å². The number of benzene rings is 1. The highest BCUT2D eigenvalue weighted by Gasteiger charge is 2.16. The second-order valence-electron chi connectivity index (χ2n) is 4.84. The maximum absolute atomic E-state index is 12.0. The summed E-state index contributed by atoms with van der Waals surface area (Å²) in [6, 6.07) is 5.27. The maximum atomic E-state index is 12.0. The number of hydrogen-bond acceptors (Lipinski definition) is 4. The molecule has 3 aromatic rings. The van der Waals surface area contributed by atoms with Crippen LogP contribution in [0.25, 0.3) is 10.9 Å². The maximum Gasteiger partial charge on any atom is 0.298 e. The second-order valence-corrected chi connectivity index (χ2v) is 5.63. The van der Waals surface area contributed by atoms with Gasteiger partial charge in [-0.25, -0.2) is 0 Å². The fourth-order valence-electron chi connectivity index (χ4n) is 2.17. The molecule has 0 aliphatic heterocycles. The molecule has 1 aromatic carbocycles. The molecule has 0 saturated carbocycles. The third-order valence-corrected chi connectivity index (χ3v) is 4.40. The number of nitrogens with zero attached hydrogens (tertiary/aromatic N) is 2. The van der Waals surface area contributed by atoms with Crippen LogP contribution in [0.2, 0.25) is 0 Å². The number of fused-ring (bicyclic) bond motifs is 1. The van der Waals surface area contributed by atoms with Crippen LogP contribution in [0, 0.1) is 13.8 Å².